The van der Waals surface area contributed by atoms with Crippen LogP contribution in [0.3, 0.4) is 0 Å². The van der Waals surface area contributed by atoms with Gasteiger partial charge in [-0.05, 0) is 24.1 Å². The fourth-order valence-electron chi connectivity index (χ4n) is 2.24. The SMILES string of the molecule is CC(C)CNc1ccc(N2CCNCC2)c(C#N)c1. The Bertz CT molecular complexity index is 456. The molecule has 4 nitrogen and oxygen atoms in total. The number of hydrogen-bond acceptors (Lipinski definition) is 4. The Morgan fingerprint density at radius 1 is 1.37 bits per heavy atom. The number of piperazine rings is 1. The highest BCUT2D eigenvalue weighted by atomic mass is 15.2. The standard InChI is InChI=1S/C15H22N4/c1-12(2)11-18-14-3-4-15(13(9-14)10-16)19-7-5-17-6-8-19/h3-4,9,12,17-18H,5-8,11H2,1-2H3. The number of benzene rings is 1. The van der Waals surface area contributed by atoms with Crippen LogP contribution in [0.5, 0.6) is 0 Å². The zero-order valence-corrected chi connectivity index (χ0v) is 11.7. The fraction of sp³-hybridized carbons (Fsp3) is 0.533. The van der Waals surface area contributed by atoms with Crippen molar-refractivity contribution >= 4 is 11.4 Å². The molecule has 0 atom stereocenters. The highest BCUT2D eigenvalue weighted by Crippen LogP contribution is 2.24. The van der Waals surface area contributed by atoms with Crippen molar-refractivity contribution in [1.29, 1.82) is 5.26 Å². The molecule has 0 bridgehead atoms. The number of rotatable bonds is 4. The van der Waals surface area contributed by atoms with Gasteiger partial charge < -0.3 is 15.5 Å². The molecule has 0 unspecified atom stereocenters. The van der Waals surface area contributed by atoms with E-state index in [2.05, 4.69) is 47.6 Å². The van der Waals surface area contributed by atoms with Gasteiger partial charge >= 0.3 is 0 Å². The van der Waals surface area contributed by atoms with Crippen LogP contribution >= 0.6 is 0 Å². The third-order valence-electron chi connectivity index (χ3n) is 3.29. The molecule has 0 saturated carbocycles. The summed E-state index contributed by atoms with van der Waals surface area (Å²) in [6.45, 7) is 9.18. The first-order valence-electron chi connectivity index (χ1n) is 6.94. The molecular weight excluding hydrogens is 236 g/mol. The number of anilines is 2. The lowest BCUT2D eigenvalue weighted by atomic mass is 10.1. The van der Waals surface area contributed by atoms with E-state index in [9.17, 15) is 5.26 Å². The summed E-state index contributed by atoms with van der Waals surface area (Å²) in [5.74, 6) is 0.596. The Labute approximate surface area is 115 Å². The number of nitriles is 1. The molecule has 1 fully saturated rings. The van der Waals surface area contributed by atoms with Gasteiger partial charge in [-0.25, -0.2) is 0 Å². The molecule has 1 saturated heterocycles. The van der Waals surface area contributed by atoms with Gasteiger partial charge in [0.25, 0.3) is 0 Å². The lowest BCUT2D eigenvalue weighted by Crippen LogP contribution is -2.43. The average Bonchev–Trinajstić information content (AvgIpc) is 2.45. The van der Waals surface area contributed by atoms with Gasteiger partial charge in [-0.2, -0.15) is 5.26 Å². The van der Waals surface area contributed by atoms with Gasteiger partial charge in [-0.1, -0.05) is 13.8 Å². The van der Waals surface area contributed by atoms with Gasteiger partial charge in [0.1, 0.15) is 6.07 Å². The van der Waals surface area contributed by atoms with Gasteiger partial charge in [-0.3, -0.25) is 0 Å². The van der Waals surface area contributed by atoms with Gasteiger partial charge in [0, 0.05) is 38.4 Å². The Morgan fingerprint density at radius 3 is 2.74 bits per heavy atom. The molecule has 2 N–H and O–H groups in total. The van der Waals surface area contributed by atoms with Crippen LogP contribution in [0.1, 0.15) is 19.4 Å². The van der Waals surface area contributed by atoms with Crippen molar-refractivity contribution in [3.05, 3.63) is 23.8 Å². The molecule has 0 aromatic heterocycles. The summed E-state index contributed by atoms with van der Waals surface area (Å²) >= 11 is 0. The molecule has 0 amide bonds. The van der Waals surface area contributed by atoms with Crippen molar-refractivity contribution in [3.8, 4) is 6.07 Å². The molecule has 1 aliphatic rings. The zero-order chi connectivity index (χ0) is 13.7. The van der Waals surface area contributed by atoms with Crippen LogP contribution in [0.4, 0.5) is 11.4 Å². The predicted molar refractivity (Wildman–Crippen MR) is 79.6 cm³/mol. The molecule has 4 heteroatoms. The smallest absolute Gasteiger partial charge is 0.101 e. The monoisotopic (exact) mass is 258 g/mol. The van der Waals surface area contributed by atoms with Gasteiger partial charge in [0.05, 0.1) is 11.3 Å². The van der Waals surface area contributed by atoms with Crippen molar-refractivity contribution in [2.45, 2.75) is 13.8 Å². The van der Waals surface area contributed by atoms with Crippen LogP contribution in [0.2, 0.25) is 0 Å². The molecule has 19 heavy (non-hydrogen) atoms. The molecule has 1 heterocycles. The molecule has 1 aliphatic heterocycles. The molecular formula is C15H22N4. The van der Waals surface area contributed by atoms with E-state index in [1.54, 1.807) is 0 Å². The molecule has 0 spiro atoms. The van der Waals surface area contributed by atoms with Gasteiger partial charge in [0.2, 0.25) is 0 Å². The highest BCUT2D eigenvalue weighted by Gasteiger charge is 2.14. The third-order valence-corrected chi connectivity index (χ3v) is 3.29. The number of nitrogens with one attached hydrogen (secondary N) is 2. The lowest BCUT2D eigenvalue weighted by Gasteiger charge is -2.30. The minimum atomic E-state index is 0.596. The average molecular weight is 258 g/mol. The predicted octanol–water partition coefficient (Wildman–Crippen LogP) is 2.04. The Kier molecular flexibility index (Phi) is 4.64. The summed E-state index contributed by atoms with van der Waals surface area (Å²) in [5.41, 5.74) is 2.85. The molecule has 2 rings (SSSR count). The molecule has 1 aromatic rings. The van der Waals surface area contributed by atoms with E-state index in [1.165, 1.54) is 0 Å². The van der Waals surface area contributed by atoms with E-state index < -0.39 is 0 Å². The van der Waals surface area contributed by atoms with Crippen molar-refractivity contribution in [1.82, 2.24) is 5.32 Å². The summed E-state index contributed by atoms with van der Waals surface area (Å²) < 4.78 is 0. The lowest BCUT2D eigenvalue weighted by molar-refractivity contribution is 0.589. The maximum Gasteiger partial charge on any atom is 0.101 e. The van der Waals surface area contributed by atoms with E-state index in [-0.39, 0.29) is 0 Å². The van der Waals surface area contributed by atoms with E-state index in [1.807, 2.05) is 6.07 Å². The second-order valence-electron chi connectivity index (χ2n) is 5.36. The molecule has 0 aliphatic carbocycles. The second-order valence-corrected chi connectivity index (χ2v) is 5.36. The van der Waals surface area contributed by atoms with Crippen molar-refractivity contribution in [3.63, 3.8) is 0 Å². The van der Waals surface area contributed by atoms with Crippen molar-refractivity contribution in [2.75, 3.05) is 42.9 Å². The fourth-order valence-corrected chi connectivity index (χ4v) is 2.24. The topological polar surface area (TPSA) is 51.1 Å². The summed E-state index contributed by atoms with van der Waals surface area (Å²) in [5, 5.41) is 16.0. The number of hydrogen-bond donors (Lipinski definition) is 2. The Hall–Kier alpha value is -1.73. The summed E-state index contributed by atoms with van der Waals surface area (Å²) in [7, 11) is 0. The van der Waals surface area contributed by atoms with E-state index >= 15 is 0 Å². The third kappa shape index (κ3) is 3.62. The second kappa shape index (κ2) is 6.44. The Morgan fingerprint density at radius 2 is 2.11 bits per heavy atom. The van der Waals surface area contributed by atoms with Gasteiger partial charge in [0.15, 0.2) is 0 Å². The largest absolute Gasteiger partial charge is 0.385 e. The highest BCUT2D eigenvalue weighted by molar-refractivity contribution is 5.65. The van der Waals surface area contributed by atoms with Crippen molar-refractivity contribution < 1.29 is 0 Å². The minimum Gasteiger partial charge on any atom is -0.385 e. The molecule has 0 radical (unpaired) electrons. The van der Waals surface area contributed by atoms with Crippen LogP contribution < -0.4 is 15.5 Å². The summed E-state index contributed by atoms with van der Waals surface area (Å²) in [6, 6.07) is 8.41. The van der Waals surface area contributed by atoms with E-state index in [0.717, 1.165) is 49.7 Å². The van der Waals surface area contributed by atoms with Crippen molar-refractivity contribution in [2.24, 2.45) is 5.92 Å². The molecule has 1 aromatic carbocycles. The zero-order valence-electron chi connectivity index (χ0n) is 11.7. The van der Waals surface area contributed by atoms with Crippen LogP contribution in [0.25, 0.3) is 0 Å². The Balaban J connectivity index is 2.14. The minimum absolute atomic E-state index is 0.596. The van der Waals surface area contributed by atoms with Gasteiger partial charge in [-0.15, -0.1) is 0 Å². The maximum atomic E-state index is 9.33. The van der Waals surface area contributed by atoms with Crippen LogP contribution in [-0.2, 0) is 0 Å². The molecule has 102 valence electrons. The van der Waals surface area contributed by atoms with E-state index in [4.69, 9.17) is 0 Å². The first kappa shape index (κ1) is 13.7. The summed E-state index contributed by atoms with van der Waals surface area (Å²) in [4.78, 5) is 2.28. The first-order chi connectivity index (χ1) is 9.20. The van der Waals surface area contributed by atoms with Crippen LogP contribution in [0.15, 0.2) is 18.2 Å². The van der Waals surface area contributed by atoms with Crippen LogP contribution in [-0.4, -0.2) is 32.7 Å². The quantitative estimate of drug-likeness (QED) is 0.867. The number of nitrogens with zero attached hydrogens (tertiary/aromatic N) is 2. The maximum absolute atomic E-state index is 9.33. The van der Waals surface area contributed by atoms with E-state index in [0.29, 0.717) is 5.92 Å². The normalized spacial score (nSPS) is 15.4. The van der Waals surface area contributed by atoms with Crippen LogP contribution in [0, 0.1) is 17.2 Å². The first-order valence-corrected chi connectivity index (χ1v) is 6.94. The summed E-state index contributed by atoms with van der Waals surface area (Å²) in [6.07, 6.45) is 0.